The first-order valence-corrected chi connectivity index (χ1v) is 6.66. The van der Waals surface area contributed by atoms with Gasteiger partial charge in [-0.1, -0.05) is 0 Å². The summed E-state index contributed by atoms with van der Waals surface area (Å²) in [6.45, 7) is 6.16. The van der Waals surface area contributed by atoms with Crippen LogP contribution in [0.4, 0.5) is 5.69 Å². The van der Waals surface area contributed by atoms with Crippen LogP contribution in [-0.2, 0) is 4.74 Å². The van der Waals surface area contributed by atoms with E-state index in [0.717, 1.165) is 43.8 Å². The van der Waals surface area contributed by atoms with Crippen molar-refractivity contribution in [2.45, 2.75) is 0 Å². The van der Waals surface area contributed by atoms with Crippen molar-refractivity contribution >= 4 is 21.6 Å². The lowest BCUT2D eigenvalue weighted by Crippen LogP contribution is -2.47. The number of hydrogen-bond donors (Lipinski definition) is 0. The smallest absolute Gasteiger partial charge is 0.0592 e. The molecule has 1 aromatic heterocycles. The summed E-state index contributed by atoms with van der Waals surface area (Å²) in [5.74, 6) is 0. The fourth-order valence-corrected chi connectivity index (χ4v) is 2.56. The second-order valence-corrected chi connectivity index (χ2v) is 5.00. The molecule has 17 heavy (non-hydrogen) atoms. The highest BCUT2D eigenvalue weighted by atomic mass is 79.9. The lowest BCUT2D eigenvalue weighted by Gasteiger charge is -2.36. The molecule has 0 spiro atoms. The third-order valence-corrected chi connectivity index (χ3v) is 3.69. The van der Waals surface area contributed by atoms with Gasteiger partial charge in [0.15, 0.2) is 0 Å². The molecule has 2 heterocycles. The van der Waals surface area contributed by atoms with Crippen LogP contribution in [0.15, 0.2) is 22.9 Å². The summed E-state index contributed by atoms with van der Waals surface area (Å²) in [5, 5.41) is 0. The van der Waals surface area contributed by atoms with Gasteiger partial charge in [0.2, 0.25) is 0 Å². The molecule has 2 rings (SSSR count). The normalized spacial score (nSPS) is 17.4. The second kappa shape index (κ2) is 6.33. The minimum absolute atomic E-state index is 0.818. The van der Waals surface area contributed by atoms with Crippen molar-refractivity contribution in [3.05, 3.63) is 22.9 Å². The number of piperazine rings is 1. The predicted octanol–water partition coefficient (Wildman–Crippen LogP) is 1.61. The minimum atomic E-state index is 0.818. The maximum atomic E-state index is 5.10. The number of aromatic nitrogens is 1. The van der Waals surface area contributed by atoms with E-state index in [1.807, 2.05) is 12.4 Å². The molecule has 0 aromatic carbocycles. The van der Waals surface area contributed by atoms with Gasteiger partial charge in [0, 0.05) is 52.2 Å². The number of ether oxygens (including phenoxy) is 1. The van der Waals surface area contributed by atoms with E-state index in [2.05, 4.69) is 36.8 Å². The Bertz CT molecular complexity index is 353. The standard InChI is InChI=1S/C12H18BrN3O/c1-17-9-8-15-4-6-16(7-5-15)12-2-3-14-10-11(12)13/h2-3,10H,4-9H2,1H3. The molecule has 5 heteroatoms. The Balaban J connectivity index is 1.89. The average molecular weight is 300 g/mol. The number of pyridine rings is 1. The molecule has 0 bridgehead atoms. The molecule has 1 aliphatic rings. The van der Waals surface area contributed by atoms with Gasteiger partial charge in [-0.05, 0) is 22.0 Å². The highest BCUT2D eigenvalue weighted by molar-refractivity contribution is 9.10. The van der Waals surface area contributed by atoms with Crippen molar-refractivity contribution in [3.63, 3.8) is 0 Å². The molecule has 0 unspecified atom stereocenters. The van der Waals surface area contributed by atoms with E-state index >= 15 is 0 Å². The van der Waals surface area contributed by atoms with E-state index in [1.165, 1.54) is 5.69 Å². The largest absolute Gasteiger partial charge is 0.383 e. The highest BCUT2D eigenvalue weighted by Crippen LogP contribution is 2.25. The number of halogens is 1. The fraction of sp³-hybridized carbons (Fsp3) is 0.583. The van der Waals surface area contributed by atoms with Crippen LogP contribution in [0, 0.1) is 0 Å². The third kappa shape index (κ3) is 3.40. The predicted molar refractivity (Wildman–Crippen MR) is 72.5 cm³/mol. The Morgan fingerprint density at radius 3 is 2.76 bits per heavy atom. The molecular weight excluding hydrogens is 282 g/mol. The van der Waals surface area contributed by atoms with Crippen LogP contribution >= 0.6 is 15.9 Å². The molecule has 4 nitrogen and oxygen atoms in total. The van der Waals surface area contributed by atoms with Crippen LogP contribution in [-0.4, -0.2) is 56.3 Å². The number of hydrogen-bond acceptors (Lipinski definition) is 4. The lowest BCUT2D eigenvalue weighted by molar-refractivity contribution is 0.144. The minimum Gasteiger partial charge on any atom is -0.383 e. The molecule has 0 saturated carbocycles. The molecule has 1 aromatic rings. The van der Waals surface area contributed by atoms with Crippen molar-refractivity contribution in [1.29, 1.82) is 0 Å². The van der Waals surface area contributed by atoms with E-state index in [9.17, 15) is 0 Å². The maximum Gasteiger partial charge on any atom is 0.0592 e. The van der Waals surface area contributed by atoms with Gasteiger partial charge in [-0.25, -0.2) is 0 Å². The Labute approximate surface area is 111 Å². The molecule has 0 amide bonds. The van der Waals surface area contributed by atoms with Gasteiger partial charge in [0.1, 0.15) is 0 Å². The maximum absolute atomic E-state index is 5.10. The quantitative estimate of drug-likeness (QED) is 0.845. The zero-order valence-corrected chi connectivity index (χ0v) is 11.7. The zero-order valence-electron chi connectivity index (χ0n) is 10.1. The van der Waals surface area contributed by atoms with Crippen LogP contribution in [0.25, 0.3) is 0 Å². The van der Waals surface area contributed by atoms with Crippen molar-refractivity contribution in [3.8, 4) is 0 Å². The first-order chi connectivity index (χ1) is 8.31. The molecule has 1 fully saturated rings. The summed E-state index contributed by atoms with van der Waals surface area (Å²) in [5.41, 5.74) is 1.24. The molecular formula is C12H18BrN3O. The van der Waals surface area contributed by atoms with E-state index in [1.54, 1.807) is 7.11 Å². The van der Waals surface area contributed by atoms with E-state index in [4.69, 9.17) is 4.74 Å². The summed E-state index contributed by atoms with van der Waals surface area (Å²) in [7, 11) is 1.75. The number of anilines is 1. The van der Waals surface area contributed by atoms with Gasteiger partial charge < -0.3 is 9.64 Å². The topological polar surface area (TPSA) is 28.6 Å². The van der Waals surface area contributed by atoms with Gasteiger partial charge in [-0.2, -0.15) is 0 Å². The van der Waals surface area contributed by atoms with Gasteiger partial charge in [-0.15, -0.1) is 0 Å². The molecule has 0 atom stereocenters. The first-order valence-electron chi connectivity index (χ1n) is 5.87. The van der Waals surface area contributed by atoms with Crippen molar-refractivity contribution in [1.82, 2.24) is 9.88 Å². The zero-order chi connectivity index (χ0) is 12.1. The van der Waals surface area contributed by atoms with Crippen LogP contribution in [0.5, 0.6) is 0 Å². The summed E-state index contributed by atoms with van der Waals surface area (Å²) < 4.78 is 6.18. The Morgan fingerprint density at radius 2 is 2.12 bits per heavy atom. The van der Waals surface area contributed by atoms with E-state index in [-0.39, 0.29) is 0 Å². The van der Waals surface area contributed by atoms with Gasteiger partial charge in [0.25, 0.3) is 0 Å². The number of methoxy groups -OCH3 is 1. The first kappa shape index (κ1) is 12.8. The Morgan fingerprint density at radius 1 is 1.35 bits per heavy atom. The van der Waals surface area contributed by atoms with E-state index < -0.39 is 0 Å². The molecule has 1 aliphatic heterocycles. The molecule has 0 N–H and O–H groups in total. The lowest BCUT2D eigenvalue weighted by atomic mass is 10.2. The van der Waals surface area contributed by atoms with Crippen molar-refractivity contribution < 1.29 is 4.74 Å². The average Bonchev–Trinajstić information content (AvgIpc) is 2.38. The number of rotatable bonds is 4. The fourth-order valence-electron chi connectivity index (χ4n) is 2.06. The Hall–Kier alpha value is -0.650. The molecule has 1 saturated heterocycles. The van der Waals surface area contributed by atoms with Gasteiger partial charge >= 0.3 is 0 Å². The van der Waals surface area contributed by atoms with Crippen molar-refractivity contribution in [2.24, 2.45) is 0 Å². The van der Waals surface area contributed by atoms with Crippen LogP contribution in [0.2, 0.25) is 0 Å². The van der Waals surface area contributed by atoms with Crippen LogP contribution < -0.4 is 4.90 Å². The highest BCUT2D eigenvalue weighted by Gasteiger charge is 2.18. The Kier molecular flexibility index (Phi) is 4.76. The summed E-state index contributed by atoms with van der Waals surface area (Å²) in [6, 6.07) is 2.06. The monoisotopic (exact) mass is 299 g/mol. The van der Waals surface area contributed by atoms with Crippen LogP contribution in [0.1, 0.15) is 0 Å². The number of nitrogens with zero attached hydrogens (tertiary/aromatic N) is 3. The van der Waals surface area contributed by atoms with Gasteiger partial charge in [0.05, 0.1) is 16.8 Å². The summed E-state index contributed by atoms with van der Waals surface area (Å²) in [6.07, 6.45) is 3.70. The van der Waals surface area contributed by atoms with Crippen LogP contribution in [0.3, 0.4) is 0 Å². The summed E-state index contributed by atoms with van der Waals surface area (Å²) in [4.78, 5) is 8.93. The third-order valence-electron chi connectivity index (χ3n) is 3.08. The van der Waals surface area contributed by atoms with E-state index in [0.29, 0.717) is 0 Å². The van der Waals surface area contributed by atoms with Crippen molar-refractivity contribution in [2.75, 3.05) is 51.3 Å². The SMILES string of the molecule is COCCN1CCN(c2ccncc2Br)CC1. The molecule has 0 radical (unpaired) electrons. The second-order valence-electron chi connectivity index (χ2n) is 4.15. The van der Waals surface area contributed by atoms with Gasteiger partial charge in [-0.3, -0.25) is 9.88 Å². The summed E-state index contributed by atoms with van der Waals surface area (Å²) >= 11 is 3.55. The molecule has 94 valence electrons. The molecule has 0 aliphatic carbocycles.